The second kappa shape index (κ2) is 4.00. The van der Waals surface area contributed by atoms with E-state index >= 15 is 0 Å². The van der Waals surface area contributed by atoms with E-state index in [1.807, 2.05) is 11.9 Å². The molecule has 2 saturated carbocycles. The van der Waals surface area contributed by atoms with Crippen LogP contribution in [-0.4, -0.2) is 29.6 Å². The van der Waals surface area contributed by atoms with Gasteiger partial charge in [0.25, 0.3) is 0 Å². The smallest absolute Gasteiger partial charge is 0.223 e. The van der Waals surface area contributed by atoms with Crippen molar-refractivity contribution in [3.8, 4) is 0 Å². The molecule has 2 nitrogen and oxygen atoms in total. The number of hydrogen-bond donors (Lipinski definition) is 1. The average molecular weight is 227 g/mol. The van der Waals surface area contributed by atoms with Gasteiger partial charge in [-0.15, -0.1) is 0 Å². The number of thiol groups is 1. The van der Waals surface area contributed by atoms with Crippen molar-refractivity contribution in [2.24, 2.45) is 11.3 Å². The lowest BCUT2D eigenvalue weighted by Crippen LogP contribution is -2.37. The van der Waals surface area contributed by atoms with Crippen LogP contribution in [0.4, 0.5) is 0 Å². The van der Waals surface area contributed by atoms with E-state index in [0.29, 0.717) is 18.4 Å². The van der Waals surface area contributed by atoms with Gasteiger partial charge in [0.05, 0.1) is 0 Å². The van der Waals surface area contributed by atoms with Crippen molar-refractivity contribution in [3.05, 3.63) is 0 Å². The maximum Gasteiger partial charge on any atom is 0.223 e. The van der Waals surface area contributed by atoms with E-state index < -0.39 is 0 Å². The van der Waals surface area contributed by atoms with Crippen molar-refractivity contribution in [2.75, 3.05) is 12.8 Å². The molecule has 3 heteroatoms. The second-order valence-corrected chi connectivity index (χ2v) is 5.73. The Morgan fingerprint density at radius 3 is 2.53 bits per heavy atom. The first-order valence-corrected chi connectivity index (χ1v) is 6.58. The number of rotatable bonds is 5. The van der Waals surface area contributed by atoms with Crippen molar-refractivity contribution in [1.82, 2.24) is 4.90 Å². The first kappa shape index (κ1) is 11.3. The van der Waals surface area contributed by atoms with Gasteiger partial charge in [0, 0.05) is 19.5 Å². The van der Waals surface area contributed by atoms with Crippen LogP contribution < -0.4 is 0 Å². The Bertz CT molecular complexity index is 258. The normalized spacial score (nSPS) is 24.7. The van der Waals surface area contributed by atoms with Crippen LogP contribution in [0, 0.1) is 11.3 Å². The SMILES string of the molecule is CC(C1CC1)N(C)C(=O)CC1(CS)CC1. The zero-order chi connectivity index (χ0) is 11.1. The minimum atomic E-state index is 0.262. The average Bonchev–Trinajstić information content (AvgIpc) is 3.09. The van der Waals surface area contributed by atoms with Crippen LogP contribution >= 0.6 is 12.6 Å². The maximum absolute atomic E-state index is 12.0. The zero-order valence-corrected chi connectivity index (χ0v) is 10.6. The molecule has 0 aromatic rings. The summed E-state index contributed by atoms with van der Waals surface area (Å²) in [5, 5.41) is 0. The minimum Gasteiger partial charge on any atom is -0.343 e. The van der Waals surface area contributed by atoms with E-state index in [1.54, 1.807) is 0 Å². The van der Waals surface area contributed by atoms with Gasteiger partial charge < -0.3 is 4.90 Å². The highest BCUT2D eigenvalue weighted by molar-refractivity contribution is 7.80. The van der Waals surface area contributed by atoms with Crippen LogP contribution in [0.2, 0.25) is 0 Å². The molecule has 0 aliphatic heterocycles. The molecule has 0 heterocycles. The predicted molar refractivity (Wildman–Crippen MR) is 65.1 cm³/mol. The van der Waals surface area contributed by atoms with Gasteiger partial charge in [-0.3, -0.25) is 4.79 Å². The number of carbonyl (C=O) groups excluding carboxylic acids is 1. The van der Waals surface area contributed by atoms with Crippen LogP contribution in [0.1, 0.15) is 39.0 Å². The molecule has 1 atom stereocenters. The number of carbonyl (C=O) groups is 1. The summed E-state index contributed by atoms with van der Waals surface area (Å²) in [7, 11) is 1.96. The lowest BCUT2D eigenvalue weighted by atomic mass is 10.0. The number of amides is 1. The van der Waals surface area contributed by atoms with Crippen LogP contribution in [0.25, 0.3) is 0 Å². The molecule has 1 unspecified atom stereocenters. The van der Waals surface area contributed by atoms with Gasteiger partial charge in [-0.1, -0.05) is 0 Å². The highest BCUT2D eigenvalue weighted by atomic mass is 32.1. The third kappa shape index (κ3) is 2.49. The molecule has 0 aromatic heterocycles. The fourth-order valence-corrected chi connectivity index (χ4v) is 2.56. The molecule has 0 N–H and O–H groups in total. The van der Waals surface area contributed by atoms with Crippen molar-refractivity contribution >= 4 is 18.5 Å². The van der Waals surface area contributed by atoms with E-state index in [1.165, 1.54) is 25.7 Å². The minimum absolute atomic E-state index is 0.262. The molecular formula is C12H21NOS. The van der Waals surface area contributed by atoms with Gasteiger partial charge >= 0.3 is 0 Å². The van der Waals surface area contributed by atoms with E-state index in [0.717, 1.165) is 11.7 Å². The lowest BCUT2D eigenvalue weighted by Gasteiger charge is -2.26. The molecule has 2 fully saturated rings. The highest BCUT2D eigenvalue weighted by Crippen LogP contribution is 2.50. The van der Waals surface area contributed by atoms with Crippen molar-refractivity contribution in [1.29, 1.82) is 0 Å². The Balaban J connectivity index is 1.84. The van der Waals surface area contributed by atoms with Gasteiger partial charge in [-0.25, -0.2) is 0 Å². The van der Waals surface area contributed by atoms with E-state index in [9.17, 15) is 4.79 Å². The van der Waals surface area contributed by atoms with E-state index in [-0.39, 0.29) is 5.41 Å². The standard InChI is InChI=1S/C12H21NOS/c1-9(10-3-4-10)13(2)11(14)7-12(8-15)5-6-12/h9-10,15H,3-8H2,1-2H3. The summed E-state index contributed by atoms with van der Waals surface area (Å²) in [6, 6.07) is 0.438. The fraction of sp³-hybridized carbons (Fsp3) is 0.917. The van der Waals surface area contributed by atoms with Gasteiger partial charge in [0.1, 0.15) is 0 Å². The molecule has 15 heavy (non-hydrogen) atoms. The Hall–Kier alpha value is -0.180. The van der Waals surface area contributed by atoms with Crippen LogP contribution in [0.3, 0.4) is 0 Å². The monoisotopic (exact) mass is 227 g/mol. The fourth-order valence-electron chi connectivity index (χ4n) is 2.14. The molecule has 2 aliphatic rings. The molecule has 86 valence electrons. The van der Waals surface area contributed by atoms with Crippen LogP contribution in [-0.2, 0) is 4.79 Å². The van der Waals surface area contributed by atoms with Crippen molar-refractivity contribution in [2.45, 2.75) is 45.1 Å². The Kier molecular flexibility index (Phi) is 3.02. The highest BCUT2D eigenvalue weighted by Gasteiger charge is 2.44. The summed E-state index contributed by atoms with van der Waals surface area (Å²) in [5.41, 5.74) is 0.262. The molecule has 0 spiro atoms. The molecule has 2 aliphatic carbocycles. The van der Waals surface area contributed by atoms with Gasteiger partial charge in [0.15, 0.2) is 0 Å². The van der Waals surface area contributed by atoms with Crippen LogP contribution in [0.15, 0.2) is 0 Å². The lowest BCUT2D eigenvalue weighted by molar-refractivity contribution is -0.133. The zero-order valence-electron chi connectivity index (χ0n) is 9.70. The molecular weight excluding hydrogens is 206 g/mol. The summed E-state index contributed by atoms with van der Waals surface area (Å²) in [6.45, 7) is 2.18. The molecule has 1 amide bonds. The molecule has 0 saturated heterocycles. The van der Waals surface area contributed by atoms with E-state index in [2.05, 4.69) is 19.6 Å². The Morgan fingerprint density at radius 2 is 2.13 bits per heavy atom. The number of hydrogen-bond acceptors (Lipinski definition) is 2. The Morgan fingerprint density at radius 1 is 1.53 bits per heavy atom. The second-order valence-electron chi connectivity index (χ2n) is 5.42. The van der Waals surface area contributed by atoms with Gasteiger partial charge in [-0.2, -0.15) is 12.6 Å². The summed E-state index contributed by atoms with van der Waals surface area (Å²) >= 11 is 4.34. The first-order chi connectivity index (χ1) is 7.08. The van der Waals surface area contributed by atoms with E-state index in [4.69, 9.17) is 0 Å². The maximum atomic E-state index is 12.0. The third-order valence-corrected chi connectivity index (χ3v) is 4.80. The topological polar surface area (TPSA) is 20.3 Å². The Labute approximate surface area is 97.8 Å². The molecule has 0 bridgehead atoms. The summed E-state index contributed by atoms with van der Waals surface area (Å²) in [6.07, 6.45) is 5.69. The molecule has 2 rings (SSSR count). The molecule has 0 aromatic carbocycles. The van der Waals surface area contributed by atoms with Gasteiger partial charge in [-0.05, 0) is 49.7 Å². The summed E-state index contributed by atoms with van der Waals surface area (Å²) < 4.78 is 0. The van der Waals surface area contributed by atoms with Gasteiger partial charge in [0.2, 0.25) is 5.91 Å². The summed E-state index contributed by atoms with van der Waals surface area (Å²) in [4.78, 5) is 14.0. The quantitative estimate of drug-likeness (QED) is 0.715. The first-order valence-electron chi connectivity index (χ1n) is 5.94. The molecule has 0 radical (unpaired) electrons. The van der Waals surface area contributed by atoms with Crippen LogP contribution in [0.5, 0.6) is 0 Å². The number of nitrogens with zero attached hydrogens (tertiary/aromatic N) is 1. The third-order valence-electron chi connectivity index (χ3n) is 4.13. The van der Waals surface area contributed by atoms with Crippen molar-refractivity contribution < 1.29 is 4.79 Å². The van der Waals surface area contributed by atoms with Crippen molar-refractivity contribution in [3.63, 3.8) is 0 Å². The predicted octanol–water partition coefficient (Wildman–Crippen LogP) is 2.34. The summed E-state index contributed by atoms with van der Waals surface area (Å²) in [5.74, 6) is 1.95. The largest absolute Gasteiger partial charge is 0.343 e.